The molecule has 0 spiro atoms. The SMILES string of the molecule is C=CC[C@@H]1[C@@H](OCC(=C)C)[C@@H](OC)O[C@@H]2CO[C@@H](c3ccccc3)O[C@@H]12. The van der Waals surface area contributed by atoms with E-state index in [0.29, 0.717) is 13.2 Å². The summed E-state index contributed by atoms with van der Waals surface area (Å²) < 4.78 is 29.9. The van der Waals surface area contributed by atoms with Crippen molar-refractivity contribution in [2.75, 3.05) is 20.3 Å². The summed E-state index contributed by atoms with van der Waals surface area (Å²) in [6, 6.07) is 9.94. The molecule has 5 heteroatoms. The summed E-state index contributed by atoms with van der Waals surface area (Å²) in [5.41, 5.74) is 1.95. The number of fused-ring (bicyclic) bond motifs is 1. The molecule has 3 rings (SSSR count). The average molecular weight is 360 g/mol. The summed E-state index contributed by atoms with van der Waals surface area (Å²) in [7, 11) is 1.63. The van der Waals surface area contributed by atoms with Gasteiger partial charge in [0.1, 0.15) is 12.2 Å². The lowest BCUT2D eigenvalue weighted by atomic mass is 9.85. The smallest absolute Gasteiger partial charge is 0.184 e. The van der Waals surface area contributed by atoms with E-state index < -0.39 is 12.6 Å². The van der Waals surface area contributed by atoms with E-state index in [-0.39, 0.29) is 24.2 Å². The van der Waals surface area contributed by atoms with Gasteiger partial charge in [-0.2, -0.15) is 0 Å². The van der Waals surface area contributed by atoms with Crippen LogP contribution in [0.1, 0.15) is 25.2 Å². The van der Waals surface area contributed by atoms with Gasteiger partial charge in [0.2, 0.25) is 0 Å². The summed E-state index contributed by atoms with van der Waals surface area (Å²) in [6.07, 6.45) is 1.14. The van der Waals surface area contributed by atoms with Crippen molar-refractivity contribution in [3.8, 4) is 0 Å². The van der Waals surface area contributed by atoms with Crippen LogP contribution in [0.3, 0.4) is 0 Å². The number of hydrogen-bond donors (Lipinski definition) is 0. The fraction of sp³-hybridized carbons (Fsp3) is 0.524. The number of hydrogen-bond acceptors (Lipinski definition) is 5. The molecule has 0 N–H and O–H groups in total. The van der Waals surface area contributed by atoms with Crippen molar-refractivity contribution < 1.29 is 23.7 Å². The second-order valence-electron chi connectivity index (χ2n) is 6.88. The number of ether oxygens (including phenoxy) is 5. The van der Waals surface area contributed by atoms with Crippen LogP contribution in [-0.4, -0.2) is 44.9 Å². The molecule has 0 aliphatic carbocycles. The van der Waals surface area contributed by atoms with Crippen LogP contribution in [0.25, 0.3) is 0 Å². The van der Waals surface area contributed by atoms with E-state index >= 15 is 0 Å². The van der Waals surface area contributed by atoms with Crippen molar-refractivity contribution in [2.24, 2.45) is 5.92 Å². The summed E-state index contributed by atoms with van der Waals surface area (Å²) in [4.78, 5) is 0. The van der Waals surface area contributed by atoms with Gasteiger partial charge in [0, 0.05) is 18.6 Å². The molecule has 0 aromatic heterocycles. The van der Waals surface area contributed by atoms with Gasteiger partial charge in [0.05, 0.1) is 19.3 Å². The van der Waals surface area contributed by atoms with Gasteiger partial charge >= 0.3 is 0 Å². The van der Waals surface area contributed by atoms with Gasteiger partial charge in [-0.05, 0) is 13.3 Å². The molecule has 2 fully saturated rings. The molecule has 0 radical (unpaired) electrons. The van der Waals surface area contributed by atoms with Crippen molar-refractivity contribution in [3.63, 3.8) is 0 Å². The molecule has 26 heavy (non-hydrogen) atoms. The van der Waals surface area contributed by atoms with Crippen LogP contribution in [-0.2, 0) is 23.7 Å². The minimum Gasteiger partial charge on any atom is -0.368 e. The highest BCUT2D eigenvalue weighted by Gasteiger charge is 2.50. The minimum atomic E-state index is -0.471. The zero-order chi connectivity index (χ0) is 18.5. The highest BCUT2D eigenvalue weighted by molar-refractivity contribution is 5.16. The Kier molecular flexibility index (Phi) is 6.62. The topological polar surface area (TPSA) is 46.2 Å². The molecule has 5 nitrogen and oxygen atoms in total. The molecule has 2 saturated heterocycles. The molecule has 1 aromatic rings. The van der Waals surface area contributed by atoms with Crippen LogP contribution >= 0.6 is 0 Å². The van der Waals surface area contributed by atoms with Gasteiger partial charge in [-0.1, -0.05) is 48.6 Å². The Bertz CT molecular complexity index is 602. The average Bonchev–Trinajstić information content (AvgIpc) is 2.67. The van der Waals surface area contributed by atoms with Gasteiger partial charge in [0.15, 0.2) is 12.6 Å². The first kappa shape index (κ1) is 19.3. The Balaban J connectivity index is 1.80. The van der Waals surface area contributed by atoms with Crippen molar-refractivity contribution in [1.82, 2.24) is 0 Å². The normalized spacial score (nSPS) is 34.1. The maximum atomic E-state index is 6.32. The highest BCUT2D eigenvalue weighted by Crippen LogP contribution is 2.39. The molecule has 0 bridgehead atoms. The Labute approximate surface area is 155 Å². The first-order valence-electron chi connectivity index (χ1n) is 9.01. The van der Waals surface area contributed by atoms with Crippen molar-refractivity contribution in [1.29, 1.82) is 0 Å². The number of rotatable bonds is 7. The zero-order valence-corrected chi connectivity index (χ0v) is 15.5. The lowest BCUT2D eigenvalue weighted by Gasteiger charge is -2.49. The van der Waals surface area contributed by atoms with E-state index in [1.54, 1.807) is 7.11 Å². The molecule has 1 aromatic carbocycles. The van der Waals surface area contributed by atoms with Gasteiger partial charge in [0.25, 0.3) is 0 Å². The molecule has 142 valence electrons. The third-order valence-corrected chi connectivity index (χ3v) is 4.75. The first-order valence-corrected chi connectivity index (χ1v) is 9.01. The van der Waals surface area contributed by atoms with Crippen LogP contribution in [0.4, 0.5) is 0 Å². The second-order valence-corrected chi connectivity index (χ2v) is 6.88. The predicted octanol–water partition coefficient (Wildman–Crippen LogP) is 3.63. The minimum absolute atomic E-state index is 0.0608. The Hall–Kier alpha value is -1.50. The molecule has 0 unspecified atom stereocenters. The number of benzene rings is 1. The van der Waals surface area contributed by atoms with E-state index in [9.17, 15) is 0 Å². The van der Waals surface area contributed by atoms with E-state index in [0.717, 1.165) is 17.6 Å². The monoisotopic (exact) mass is 360 g/mol. The molecule has 0 saturated carbocycles. The Morgan fingerprint density at radius 3 is 2.69 bits per heavy atom. The molecule has 0 amide bonds. The fourth-order valence-electron chi connectivity index (χ4n) is 3.55. The van der Waals surface area contributed by atoms with Crippen LogP contribution in [0.2, 0.25) is 0 Å². The van der Waals surface area contributed by atoms with Crippen LogP contribution in [0.5, 0.6) is 0 Å². The Morgan fingerprint density at radius 1 is 1.27 bits per heavy atom. The van der Waals surface area contributed by atoms with Crippen molar-refractivity contribution in [3.05, 3.63) is 60.7 Å². The van der Waals surface area contributed by atoms with Crippen LogP contribution in [0, 0.1) is 5.92 Å². The first-order chi connectivity index (χ1) is 12.6. The molecular weight excluding hydrogens is 332 g/mol. The molecular formula is C21H28O5. The number of methoxy groups -OCH3 is 1. The van der Waals surface area contributed by atoms with E-state index in [1.165, 1.54) is 0 Å². The van der Waals surface area contributed by atoms with E-state index in [2.05, 4.69) is 13.2 Å². The van der Waals surface area contributed by atoms with E-state index in [4.69, 9.17) is 23.7 Å². The van der Waals surface area contributed by atoms with Crippen molar-refractivity contribution >= 4 is 0 Å². The second kappa shape index (κ2) is 8.93. The van der Waals surface area contributed by atoms with Crippen molar-refractivity contribution in [2.45, 2.75) is 44.2 Å². The molecule has 6 atom stereocenters. The summed E-state index contributed by atoms with van der Waals surface area (Å²) in [5.74, 6) is 0.0608. The predicted molar refractivity (Wildman–Crippen MR) is 98.5 cm³/mol. The summed E-state index contributed by atoms with van der Waals surface area (Å²) >= 11 is 0. The van der Waals surface area contributed by atoms with Gasteiger partial charge < -0.3 is 23.7 Å². The molecule has 2 aliphatic rings. The van der Waals surface area contributed by atoms with E-state index in [1.807, 2.05) is 43.3 Å². The number of allylic oxidation sites excluding steroid dienone is 1. The zero-order valence-electron chi connectivity index (χ0n) is 15.5. The van der Waals surface area contributed by atoms with Gasteiger partial charge in [-0.15, -0.1) is 6.58 Å². The highest BCUT2D eigenvalue weighted by atomic mass is 16.7. The third kappa shape index (κ3) is 4.24. The largest absolute Gasteiger partial charge is 0.368 e. The summed E-state index contributed by atoms with van der Waals surface area (Å²) in [6.45, 7) is 10.7. The summed E-state index contributed by atoms with van der Waals surface area (Å²) in [5, 5.41) is 0. The maximum absolute atomic E-state index is 6.32. The molecule has 2 aliphatic heterocycles. The van der Waals surface area contributed by atoms with Gasteiger partial charge in [-0.3, -0.25) is 0 Å². The lowest BCUT2D eigenvalue weighted by molar-refractivity contribution is -0.353. The van der Waals surface area contributed by atoms with Gasteiger partial charge in [-0.25, -0.2) is 0 Å². The maximum Gasteiger partial charge on any atom is 0.184 e. The molecule has 2 heterocycles. The Morgan fingerprint density at radius 2 is 2.04 bits per heavy atom. The third-order valence-electron chi connectivity index (χ3n) is 4.75. The van der Waals surface area contributed by atoms with Crippen LogP contribution in [0.15, 0.2) is 55.1 Å². The fourth-order valence-corrected chi connectivity index (χ4v) is 3.55. The standard InChI is InChI=1S/C21H28O5/c1-5-9-16-18-17(25-21(22-4)19(16)23-12-14(2)3)13-24-20(26-18)15-10-7-6-8-11-15/h5-8,10-11,16-21H,1-2,9,12-13H2,3-4H3/t16-,17+,18-,19+,20+,21-/m0/s1. The quantitative estimate of drug-likeness (QED) is 0.695. The van der Waals surface area contributed by atoms with Crippen LogP contribution < -0.4 is 0 Å². The lowest BCUT2D eigenvalue weighted by Crippen LogP contribution is -2.59.